The van der Waals surface area contributed by atoms with E-state index in [2.05, 4.69) is 11.4 Å². The van der Waals surface area contributed by atoms with Crippen molar-refractivity contribution in [2.24, 2.45) is 5.92 Å². The fourth-order valence-corrected chi connectivity index (χ4v) is 5.40. The monoisotopic (exact) mass is 399 g/mol. The van der Waals surface area contributed by atoms with Crippen molar-refractivity contribution in [3.63, 3.8) is 0 Å². The van der Waals surface area contributed by atoms with Crippen LogP contribution in [0.1, 0.15) is 48.6 Å². The lowest BCUT2D eigenvalue weighted by molar-refractivity contribution is -0.130. The van der Waals surface area contributed by atoms with Crippen LogP contribution in [0, 0.1) is 17.2 Å². The number of thiophene rings is 1. The fraction of sp³-hybridized carbons (Fsp3) is 0.500. The van der Waals surface area contributed by atoms with Gasteiger partial charge in [0.05, 0.1) is 24.3 Å². The number of carbonyl (C=O) groups is 3. The van der Waals surface area contributed by atoms with Crippen LogP contribution in [0.25, 0.3) is 0 Å². The highest BCUT2D eigenvalue weighted by molar-refractivity contribution is 7.16. The van der Waals surface area contributed by atoms with E-state index in [1.165, 1.54) is 24.5 Å². The van der Waals surface area contributed by atoms with Gasteiger partial charge in [0.2, 0.25) is 5.91 Å². The third-order valence-corrected chi connectivity index (χ3v) is 6.88. The third-order valence-electron chi connectivity index (χ3n) is 5.75. The van der Waals surface area contributed by atoms with Crippen LogP contribution in [0.4, 0.5) is 5.00 Å². The fourth-order valence-electron chi connectivity index (χ4n) is 4.19. The number of ketones is 1. The molecule has 1 fully saturated rings. The van der Waals surface area contributed by atoms with Crippen LogP contribution in [0.3, 0.4) is 0 Å². The number of nitriles is 1. The Kier molecular flexibility index (Phi) is 4.94. The van der Waals surface area contributed by atoms with Gasteiger partial charge in [-0.1, -0.05) is 6.42 Å². The summed E-state index contributed by atoms with van der Waals surface area (Å²) in [6.45, 7) is 2.52. The predicted octanol–water partition coefficient (Wildman–Crippen LogP) is 2.50. The van der Waals surface area contributed by atoms with E-state index in [-0.39, 0.29) is 29.3 Å². The number of fused-ring (bicyclic) bond motifs is 2. The first-order valence-corrected chi connectivity index (χ1v) is 10.3. The van der Waals surface area contributed by atoms with E-state index < -0.39 is 5.91 Å². The molecule has 0 saturated heterocycles. The zero-order valence-corrected chi connectivity index (χ0v) is 16.4. The van der Waals surface area contributed by atoms with Gasteiger partial charge in [-0.25, -0.2) is 0 Å². The zero-order valence-electron chi connectivity index (χ0n) is 15.6. The average molecular weight is 399 g/mol. The summed E-state index contributed by atoms with van der Waals surface area (Å²) >= 11 is 1.30. The second-order valence-electron chi connectivity index (χ2n) is 7.43. The molecule has 8 heteroatoms. The molecule has 1 aromatic heterocycles. The molecule has 1 aromatic rings. The number of amides is 2. The van der Waals surface area contributed by atoms with E-state index >= 15 is 0 Å². The molecular weight excluding hydrogens is 378 g/mol. The molecule has 2 aliphatic heterocycles. The summed E-state index contributed by atoms with van der Waals surface area (Å²) in [6.07, 6.45) is 5.32. The van der Waals surface area contributed by atoms with Crippen LogP contribution >= 0.6 is 11.3 Å². The molecule has 3 aliphatic rings. The van der Waals surface area contributed by atoms with Gasteiger partial charge in [0.15, 0.2) is 5.78 Å². The number of carbonyl (C=O) groups excluding carboxylic acids is 3. The van der Waals surface area contributed by atoms with Gasteiger partial charge in [0.25, 0.3) is 5.91 Å². The number of Topliss-reactive ketones (excluding diaryl/α,β-unsaturated/α-hetero) is 1. The molecule has 0 aromatic carbocycles. The molecule has 0 bridgehead atoms. The highest BCUT2D eigenvalue weighted by Gasteiger charge is 2.39. The van der Waals surface area contributed by atoms with E-state index in [0.717, 1.165) is 36.1 Å². The Bertz CT molecular complexity index is 927. The highest BCUT2D eigenvalue weighted by atomic mass is 32.1. The Hall–Kier alpha value is -2.66. The minimum absolute atomic E-state index is 0.0136. The number of rotatable bonds is 2. The Morgan fingerprint density at radius 2 is 2.14 bits per heavy atom. The minimum Gasteiger partial charge on any atom is -0.496 e. The summed E-state index contributed by atoms with van der Waals surface area (Å²) < 4.78 is 5.65. The largest absolute Gasteiger partial charge is 0.496 e. The Labute approximate surface area is 167 Å². The van der Waals surface area contributed by atoms with Crippen molar-refractivity contribution in [3.05, 3.63) is 27.8 Å². The van der Waals surface area contributed by atoms with E-state index in [9.17, 15) is 19.6 Å². The maximum atomic E-state index is 12.8. The van der Waals surface area contributed by atoms with Crippen LogP contribution in [-0.2, 0) is 32.1 Å². The summed E-state index contributed by atoms with van der Waals surface area (Å²) in [5, 5.41) is 12.8. The van der Waals surface area contributed by atoms with Crippen molar-refractivity contribution >= 4 is 33.9 Å². The molecule has 0 spiro atoms. The van der Waals surface area contributed by atoms with Crippen molar-refractivity contribution in [2.45, 2.75) is 51.7 Å². The Balaban J connectivity index is 1.55. The van der Waals surface area contributed by atoms with E-state index in [0.29, 0.717) is 30.1 Å². The summed E-state index contributed by atoms with van der Waals surface area (Å²) in [4.78, 5) is 39.8. The lowest BCUT2D eigenvalue weighted by atomic mass is 9.80. The maximum Gasteiger partial charge on any atom is 0.263 e. The summed E-state index contributed by atoms with van der Waals surface area (Å²) in [5.74, 6) is -0.973. The number of anilines is 1. The molecule has 2 amide bonds. The van der Waals surface area contributed by atoms with Crippen LogP contribution in [-0.4, -0.2) is 35.1 Å². The van der Waals surface area contributed by atoms with Crippen molar-refractivity contribution in [2.75, 3.05) is 11.9 Å². The number of nitrogens with zero attached hydrogens (tertiary/aromatic N) is 2. The van der Waals surface area contributed by atoms with Crippen molar-refractivity contribution in [3.8, 4) is 6.07 Å². The summed E-state index contributed by atoms with van der Waals surface area (Å²) in [5.41, 5.74) is 1.33. The lowest BCUT2D eigenvalue weighted by Crippen LogP contribution is -2.39. The summed E-state index contributed by atoms with van der Waals surface area (Å²) in [7, 11) is 0. The molecule has 1 aliphatic carbocycles. The van der Waals surface area contributed by atoms with Crippen molar-refractivity contribution in [1.82, 2.24) is 4.90 Å². The molecule has 2 atom stereocenters. The molecule has 7 nitrogen and oxygen atoms in total. The first kappa shape index (κ1) is 18.7. The number of ether oxygens (including phenoxy) is 1. The third kappa shape index (κ3) is 3.20. The molecule has 146 valence electrons. The van der Waals surface area contributed by atoms with Crippen molar-refractivity contribution < 1.29 is 19.1 Å². The molecule has 3 heterocycles. The van der Waals surface area contributed by atoms with E-state index in [4.69, 9.17) is 4.74 Å². The summed E-state index contributed by atoms with van der Waals surface area (Å²) in [6, 6.07) is 2.17. The van der Waals surface area contributed by atoms with Gasteiger partial charge < -0.3 is 15.0 Å². The number of nitrogens with one attached hydrogen (secondary N) is 1. The molecule has 1 N–H and O–H groups in total. The molecule has 2 unspecified atom stereocenters. The number of hydrogen-bond donors (Lipinski definition) is 1. The van der Waals surface area contributed by atoms with Gasteiger partial charge in [-0.15, -0.1) is 11.3 Å². The smallest absolute Gasteiger partial charge is 0.263 e. The van der Waals surface area contributed by atoms with Gasteiger partial charge >= 0.3 is 0 Å². The van der Waals surface area contributed by atoms with Crippen LogP contribution in [0.5, 0.6) is 0 Å². The molecule has 0 radical (unpaired) electrons. The van der Waals surface area contributed by atoms with Crippen molar-refractivity contribution in [1.29, 1.82) is 5.26 Å². The lowest BCUT2D eigenvalue weighted by Gasteiger charge is -2.33. The SMILES string of the molecule is CC(=O)N1CCc2c(sc(NC(=O)C3=COC4CCCCC4C3=O)c2C#N)C1. The van der Waals surface area contributed by atoms with Crippen LogP contribution in [0.2, 0.25) is 0 Å². The molecule has 4 rings (SSSR count). The van der Waals surface area contributed by atoms with Gasteiger partial charge in [0, 0.05) is 18.3 Å². The topological polar surface area (TPSA) is 99.5 Å². The predicted molar refractivity (Wildman–Crippen MR) is 102 cm³/mol. The van der Waals surface area contributed by atoms with Gasteiger partial charge in [0.1, 0.15) is 22.7 Å². The first-order chi connectivity index (χ1) is 13.5. The molecule has 1 saturated carbocycles. The highest BCUT2D eigenvalue weighted by Crippen LogP contribution is 2.38. The second kappa shape index (κ2) is 7.40. The maximum absolute atomic E-state index is 12.8. The first-order valence-electron chi connectivity index (χ1n) is 9.51. The van der Waals surface area contributed by atoms with Gasteiger partial charge in [-0.2, -0.15) is 5.26 Å². The standard InChI is InChI=1S/C20H21N3O4S/c1-11(24)23-7-6-12-14(8-21)20(28-17(12)9-23)22-19(26)15-10-27-16-5-3-2-4-13(16)18(15)25/h10,13,16H,2-7,9H2,1H3,(H,22,26). The average Bonchev–Trinajstić information content (AvgIpc) is 3.04. The Morgan fingerprint density at radius 1 is 1.36 bits per heavy atom. The quantitative estimate of drug-likeness (QED) is 0.771. The van der Waals surface area contributed by atoms with Gasteiger partial charge in [-0.3, -0.25) is 14.4 Å². The van der Waals surface area contributed by atoms with E-state index in [1.54, 1.807) is 4.90 Å². The van der Waals surface area contributed by atoms with Crippen LogP contribution in [0.15, 0.2) is 11.8 Å². The number of hydrogen-bond acceptors (Lipinski definition) is 6. The minimum atomic E-state index is -0.535. The van der Waals surface area contributed by atoms with Crippen LogP contribution < -0.4 is 5.32 Å². The molecular formula is C20H21N3O4S. The second-order valence-corrected chi connectivity index (χ2v) is 8.53. The van der Waals surface area contributed by atoms with E-state index in [1.807, 2.05) is 0 Å². The normalized spacial score (nSPS) is 23.6. The molecule has 28 heavy (non-hydrogen) atoms. The zero-order chi connectivity index (χ0) is 19.8. The van der Waals surface area contributed by atoms with Gasteiger partial charge in [-0.05, 0) is 31.2 Å². The Morgan fingerprint density at radius 3 is 2.89 bits per heavy atom.